The molecular formula is C24H22FN3O2S. The zero-order valence-corrected chi connectivity index (χ0v) is 17.6. The average molecular weight is 436 g/mol. The van der Waals surface area contributed by atoms with Gasteiger partial charge in [0.15, 0.2) is 0 Å². The molecule has 2 heterocycles. The highest BCUT2D eigenvalue weighted by molar-refractivity contribution is 7.92. The number of hydrogen-bond donors (Lipinski definition) is 1. The van der Waals surface area contributed by atoms with Crippen molar-refractivity contribution in [3.63, 3.8) is 0 Å². The molecule has 3 aromatic rings. The number of halogens is 1. The monoisotopic (exact) mass is 435 g/mol. The molecule has 0 amide bonds. The molecule has 1 unspecified atom stereocenters. The van der Waals surface area contributed by atoms with E-state index in [2.05, 4.69) is 27.9 Å². The van der Waals surface area contributed by atoms with Gasteiger partial charge in [0.25, 0.3) is 0 Å². The third-order valence-electron chi connectivity index (χ3n) is 7.20. The third kappa shape index (κ3) is 3.06. The van der Waals surface area contributed by atoms with Crippen LogP contribution >= 0.6 is 0 Å². The van der Waals surface area contributed by atoms with Crippen molar-refractivity contribution in [1.29, 1.82) is 0 Å². The van der Waals surface area contributed by atoms with E-state index in [1.807, 2.05) is 16.8 Å². The van der Waals surface area contributed by atoms with Crippen molar-refractivity contribution in [3.8, 4) is 16.9 Å². The fraction of sp³-hybridized carbons (Fsp3) is 0.292. The highest BCUT2D eigenvalue weighted by Gasteiger charge is 2.54. The van der Waals surface area contributed by atoms with Crippen LogP contribution in [0.15, 0.2) is 66.5 Å². The first-order valence-electron chi connectivity index (χ1n) is 10.6. The summed E-state index contributed by atoms with van der Waals surface area (Å²) in [4.78, 5) is 4.56. The minimum absolute atomic E-state index is 0.263. The summed E-state index contributed by atoms with van der Waals surface area (Å²) in [5, 5.41) is 1.35. The van der Waals surface area contributed by atoms with Gasteiger partial charge >= 0.3 is 0 Å². The first-order valence-corrected chi connectivity index (χ1v) is 12.1. The Morgan fingerprint density at radius 1 is 1.03 bits per heavy atom. The van der Waals surface area contributed by atoms with Crippen molar-refractivity contribution in [3.05, 3.63) is 83.4 Å². The molecule has 2 aromatic carbocycles. The molecular weight excluding hydrogens is 413 g/mol. The Morgan fingerprint density at radius 3 is 2.48 bits per heavy atom. The largest absolute Gasteiger partial charge is 0.306 e. The van der Waals surface area contributed by atoms with E-state index in [9.17, 15) is 12.8 Å². The fourth-order valence-corrected chi connectivity index (χ4v) is 7.01. The summed E-state index contributed by atoms with van der Waals surface area (Å²) in [5.41, 5.74) is 4.89. The van der Waals surface area contributed by atoms with Gasteiger partial charge in [0.1, 0.15) is 5.82 Å². The second-order valence-electron chi connectivity index (χ2n) is 8.89. The molecule has 2 aliphatic carbocycles. The Bertz CT molecular complexity index is 1310. The van der Waals surface area contributed by atoms with E-state index in [-0.39, 0.29) is 17.7 Å². The van der Waals surface area contributed by atoms with Crippen LogP contribution in [0.4, 0.5) is 4.39 Å². The van der Waals surface area contributed by atoms with Crippen molar-refractivity contribution in [2.75, 3.05) is 0 Å². The predicted octanol–water partition coefficient (Wildman–Crippen LogP) is 3.99. The Balaban J connectivity index is 1.33. The number of aromatic nitrogens is 2. The predicted molar refractivity (Wildman–Crippen MR) is 117 cm³/mol. The number of nitrogens with one attached hydrogen (secondary N) is 1. The van der Waals surface area contributed by atoms with E-state index in [1.165, 1.54) is 28.7 Å². The summed E-state index contributed by atoms with van der Waals surface area (Å²) >= 11 is 0. The van der Waals surface area contributed by atoms with E-state index >= 15 is 0 Å². The molecule has 7 heteroatoms. The molecule has 1 spiro atoms. The maximum absolute atomic E-state index is 13.2. The van der Waals surface area contributed by atoms with Crippen molar-refractivity contribution >= 4 is 10.0 Å². The van der Waals surface area contributed by atoms with Gasteiger partial charge in [-0.25, -0.2) is 22.5 Å². The number of sulfonamides is 1. The number of rotatable bonds is 2. The van der Waals surface area contributed by atoms with Crippen molar-refractivity contribution in [2.45, 2.75) is 31.2 Å². The molecule has 1 N–H and O–H groups in total. The molecule has 5 nitrogen and oxygen atoms in total. The summed E-state index contributed by atoms with van der Waals surface area (Å²) in [6, 6.07) is 12.8. The van der Waals surface area contributed by atoms with Gasteiger partial charge in [0.05, 0.1) is 17.6 Å². The van der Waals surface area contributed by atoms with Crippen LogP contribution in [0.25, 0.3) is 16.9 Å². The normalized spacial score (nSPS) is 28.0. The van der Waals surface area contributed by atoms with Crippen LogP contribution in [0.5, 0.6) is 0 Å². The van der Waals surface area contributed by atoms with Crippen LogP contribution in [0.1, 0.15) is 24.0 Å². The second-order valence-corrected chi connectivity index (χ2v) is 10.5. The highest BCUT2D eigenvalue weighted by Crippen LogP contribution is 2.50. The molecule has 1 saturated carbocycles. The molecule has 6 rings (SSSR count). The Morgan fingerprint density at radius 2 is 1.77 bits per heavy atom. The van der Waals surface area contributed by atoms with Gasteiger partial charge in [0.2, 0.25) is 10.0 Å². The lowest BCUT2D eigenvalue weighted by Gasteiger charge is -2.33. The molecule has 3 aliphatic rings. The quantitative estimate of drug-likeness (QED) is 0.662. The van der Waals surface area contributed by atoms with E-state index in [0.29, 0.717) is 0 Å². The van der Waals surface area contributed by atoms with Crippen LogP contribution in [-0.4, -0.2) is 23.5 Å². The van der Waals surface area contributed by atoms with Crippen LogP contribution in [0.3, 0.4) is 0 Å². The molecule has 0 saturated heterocycles. The molecule has 3 atom stereocenters. The van der Waals surface area contributed by atoms with E-state index in [1.54, 1.807) is 18.5 Å². The number of hydrogen-bond acceptors (Lipinski definition) is 3. The first kappa shape index (κ1) is 19.0. The third-order valence-corrected chi connectivity index (χ3v) is 8.33. The van der Waals surface area contributed by atoms with E-state index < -0.39 is 15.6 Å². The fourth-order valence-electron chi connectivity index (χ4n) is 5.64. The summed E-state index contributed by atoms with van der Waals surface area (Å²) in [5.74, 6) is 0.288. The zero-order chi connectivity index (χ0) is 21.2. The molecule has 1 aromatic heterocycles. The molecule has 0 radical (unpaired) electrons. The molecule has 158 valence electrons. The second kappa shape index (κ2) is 6.61. The standard InChI is InChI=1S/C24H22FN3O2S/c25-21-5-7-22(8-6-21)28-14-23(26-15-28)17-2-1-16-12-19-3-4-20(13-18(16)11-17)24(19)9-10-31(29,30)27-24/h1-2,5-11,14-15,19-20,27H,3-4,12-13H2/t19-,20?,24+/m0/s1. The summed E-state index contributed by atoms with van der Waals surface area (Å²) in [6.07, 6.45) is 9.40. The lowest BCUT2D eigenvalue weighted by molar-refractivity contribution is 0.295. The summed E-state index contributed by atoms with van der Waals surface area (Å²) in [7, 11) is -3.33. The van der Waals surface area contributed by atoms with Crippen LogP contribution < -0.4 is 4.72 Å². The number of nitrogens with zero attached hydrogens (tertiary/aromatic N) is 2. The lowest BCUT2D eigenvalue weighted by Crippen LogP contribution is -2.50. The number of imidazole rings is 1. The van der Waals surface area contributed by atoms with Crippen LogP contribution in [0.2, 0.25) is 0 Å². The number of benzene rings is 2. The van der Waals surface area contributed by atoms with Crippen molar-refractivity contribution in [2.24, 2.45) is 11.8 Å². The van der Waals surface area contributed by atoms with Gasteiger partial charge in [-0.05, 0) is 79.0 Å². The Labute approximate surface area is 180 Å². The molecule has 31 heavy (non-hydrogen) atoms. The highest BCUT2D eigenvalue weighted by atomic mass is 32.2. The lowest BCUT2D eigenvalue weighted by atomic mass is 9.80. The topological polar surface area (TPSA) is 64.0 Å². The van der Waals surface area contributed by atoms with Gasteiger partial charge in [-0.15, -0.1) is 0 Å². The van der Waals surface area contributed by atoms with Gasteiger partial charge < -0.3 is 4.57 Å². The van der Waals surface area contributed by atoms with Gasteiger partial charge in [-0.3, -0.25) is 0 Å². The maximum Gasteiger partial charge on any atom is 0.234 e. The van der Waals surface area contributed by atoms with Crippen molar-refractivity contribution in [1.82, 2.24) is 14.3 Å². The molecule has 1 aliphatic heterocycles. The van der Waals surface area contributed by atoms with E-state index in [0.717, 1.165) is 42.6 Å². The number of fused-ring (bicyclic) bond motifs is 1. The molecule has 2 bridgehead atoms. The van der Waals surface area contributed by atoms with Gasteiger partial charge in [-0.2, -0.15) is 0 Å². The molecule has 1 fully saturated rings. The zero-order valence-electron chi connectivity index (χ0n) is 16.8. The Hall–Kier alpha value is -2.77. The smallest absolute Gasteiger partial charge is 0.234 e. The van der Waals surface area contributed by atoms with Crippen molar-refractivity contribution < 1.29 is 12.8 Å². The SMILES string of the molecule is O=S1(=O)C=C[C@]2(N1)C1CC[C@H]2Cc2ccc(-c3cn(-c4ccc(F)cc4)cn3)cc2C1. The summed E-state index contributed by atoms with van der Waals surface area (Å²) < 4.78 is 42.4. The van der Waals surface area contributed by atoms with Gasteiger partial charge in [-0.1, -0.05) is 18.2 Å². The summed E-state index contributed by atoms with van der Waals surface area (Å²) in [6.45, 7) is 0. The van der Waals surface area contributed by atoms with Crippen LogP contribution in [-0.2, 0) is 22.9 Å². The minimum Gasteiger partial charge on any atom is -0.306 e. The first-order chi connectivity index (χ1) is 14.9. The maximum atomic E-state index is 13.2. The van der Waals surface area contributed by atoms with Gasteiger partial charge in [0, 0.05) is 22.9 Å². The van der Waals surface area contributed by atoms with E-state index in [4.69, 9.17) is 0 Å². The average Bonchev–Trinajstić information content (AvgIpc) is 3.40. The Kier molecular flexibility index (Phi) is 4.04. The minimum atomic E-state index is -3.33. The van der Waals surface area contributed by atoms with Crippen LogP contribution in [0, 0.1) is 17.7 Å².